The third-order valence-corrected chi connectivity index (χ3v) is 4.34. The van der Waals surface area contributed by atoms with E-state index in [1.165, 1.54) is 7.11 Å². The van der Waals surface area contributed by atoms with Crippen molar-refractivity contribution in [2.24, 2.45) is 0 Å². The zero-order valence-electron chi connectivity index (χ0n) is 13.6. The zero-order valence-corrected chi connectivity index (χ0v) is 15.1. The van der Waals surface area contributed by atoms with Gasteiger partial charge in [0.25, 0.3) is 5.91 Å². The summed E-state index contributed by atoms with van der Waals surface area (Å²) in [4.78, 5) is 23.7. The number of methoxy groups -OCH3 is 1. The largest absolute Gasteiger partial charge is 0.465 e. The zero-order chi connectivity index (χ0) is 18.7. The van der Waals surface area contributed by atoms with Crippen LogP contribution in [0.3, 0.4) is 0 Å². The van der Waals surface area contributed by atoms with E-state index in [0.717, 1.165) is 0 Å². The number of furan rings is 1. The van der Waals surface area contributed by atoms with Crippen LogP contribution in [0.25, 0.3) is 11.3 Å². The number of hydrogen-bond donors (Lipinski definition) is 1. The lowest BCUT2D eigenvalue weighted by molar-refractivity contribution is 0.0600. The molecule has 0 aliphatic carbocycles. The fourth-order valence-corrected chi connectivity index (χ4v) is 2.56. The first kappa shape index (κ1) is 18.0. The van der Waals surface area contributed by atoms with Crippen LogP contribution in [0.2, 0.25) is 10.0 Å². The molecule has 1 amide bonds. The van der Waals surface area contributed by atoms with Crippen molar-refractivity contribution < 1.29 is 18.7 Å². The van der Waals surface area contributed by atoms with Crippen molar-refractivity contribution in [3.8, 4) is 11.3 Å². The number of halogens is 2. The molecule has 132 valence electrons. The molecule has 2 aromatic carbocycles. The number of esters is 1. The number of benzene rings is 2. The van der Waals surface area contributed by atoms with Gasteiger partial charge in [0.2, 0.25) is 0 Å². The first-order chi connectivity index (χ1) is 12.5. The molecular weight excluding hydrogens is 377 g/mol. The van der Waals surface area contributed by atoms with E-state index in [9.17, 15) is 9.59 Å². The highest BCUT2D eigenvalue weighted by Gasteiger charge is 2.14. The molecule has 1 heterocycles. The van der Waals surface area contributed by atoms with Gasteiger partial charge in [-0.1, -0.05) is 23.2 Å². The average molecular weight is 390 g/mol. The Hall–Kier alpha value is -2.76. The summed E-state index contributed by atoms with van der Waals surface area (Å²) in [7, 11) is 1.31. The van der Waals surface area contributed by atoms with Gasteiger partial charge >= 0.3 is 5.97 Å². The summed E-state index contributed by atoms with van der Waals surface area (Å²) >= 11 is 11.9. The summed E-state index contributed by atoms with van der Waals surface area (Å²) in [5.41, 5.74) is 1.63. The summed E-state index contributed by atoms with van der Waals surface area (Å²) in [6, 6.07) is 14.6. The molecule has 0 saturated carbocycles. The highest BCUT2D eigenvalue weighted by Crippen LogP contribution is 2.29. The van der Waals surface area contributed by atoms with Crippen molar-refractivity contribution in [3.63, 3.8) is 0 Å². The summed E-state index contributed by atoms with van der Waals surface area (Å²) in [5.74, 6) is -0.222. The number of ether oxygens (including phenoxy) is 1. The summed E-state index contributed by atoms with van der Waals surface area (Å²) in [5, 5.41) is 3.54. The highest BCUT2D eigenvalue weighted by molar-refractivity contribution is 6.42. The fraction of sp³-hybridized carbons (Fsp3) is 0.0526. The van der Waals surface area contributed by atoms with Gasteiger partial charge in [-0.15, -0.1) is 0 Å². The van der Waals surface area contributed by atoms with Gasteiger partial charge < -0.3 is 14.5 Å². The number of anilines is 1. The summed E-state index contributed by atoms with van der Waals surface area (Å²) in [6.07, 6.45) is 0. The lowest BCUT2D eigenvalue weighted by Gasteiger charge is -2.04. The number of nitrogens with one attached hydrogen (secondary N) is 1. The van der Waals surface area contributed by atoms with Crippen LogP contribution < -0.4 is 5.32 Å². The Morgan fingerprint density at radius 3 is 2.35 bits per heavy atom. The van der Waals surface area contributed by atoms with Crippen LogP contribution in [0.4, 0.5) is 5.69 Å². The molecule has 0 saturated heterocycles. The van der Waals surface area contributed by atoms with Crippen molar-refractivity contribution >= 4 is 40.8 Å². The predicted molar refractivity (Wildman–Crippen MR) is 99.9 cm³/mol. The maximum Gasteiger partial charge on any atom is 0.337 e. The van der Waals surface area contributed by atoms with Crippen LogP contribution in [-0.4, -0.2) is 19.0 Å². The molecule has 0 unspecified atom stereocenters. The van der Waals surface area contributed by atoms with E-state index >= 15 is 0 Å². The molecule has 3 aromatic rings. The van der Waals surface area contributed by atoms with Gasteiger partial charge in [0.15, 0.2) is 5.76 Å². The quantitative estimate of drug-likeness (QED) is 0.615. The van der Waals surface area contributed by atoms with Gasteiger partial charge in [0.1, 0.15) is 5.76 Å². The Morgan fingerprint density at radius 2 is 1.69 bits per heavy atom. The minimum atomic E-state index is -0.444. The lowest BCUT2D eigenvalue weighted by atomic mass is 10.2. The Labute approximate surface area is 159 Å². The molecule has 26 heavy (non-hydrogen) atoms. The highest BCUT2D eigenvalue weighted by atomic mass is 35.5. The van der Waals surface area contributed by atoms with Crippen LogP contribution in [0, 0.1) is 0 Å². The van der Waals surface area contributed by atoms with E-state index in [1.807, 2.05) is 0 Å². The minimum Gasteiger partial charge on any atom is -0.465 e. The average Bonchev–Trinajstić information content (AvgIpc) is 3.14. The molecule has 0 radical (unpaired) electrons. The van der Waals surface area contributed by atoms with E-state index in [-0.39, 0.29) is 5.76 Å². The van der Waals surface area contributed by atoms with E-state index in [0.29, 0.717) is 32.6 Å². The topological polar surface area (TPSA) is 68.5 Å². The normalized spacial score (nSPS) is 10.4. The molecule has 0 atom stereocenters. The lowest BCUT2D eigenvalue weighted by Crippen LogP contribution is -2.11. The maximum atomic E-state index is 12.3. The van der Waals surface area contributed by atoms with Gasteiger partial charge in [-0.2, -0.15) is 0 Å². The smallest absolute Gasteiger partial charge is 0.337 e. The monoisotopic (exact) mass is 389 g/mol. The van der Waals surface area contributed by atoms with Crippen molar-refractivity contribution in [2.45, 2.75) is 0 Å². The van der Waals surface area contributed by atoms with Gasteiger partial charge in [-0.3, -0.25) is 4.79 Å². The molecular formula is C19H13Cl2NO4. The number of rotatable bonds is 4. The van der Waals surface area contributed by atoms with Crippen LogP contribution in [-0.2, 0) is 4.74 Å². The van der Waals surface area contributed by atoms with E-state index in [1.54, 1.807) is 54.6 Å². The molecule has 0 fully saturated rings. The number of carbonyl (C=O) groups is 2. The van der Waals surface area contributed by atoms with Crippen LogP contribution in [0.15, 0.2) is 59.0 Å². The van der Waals surface area contributed by atoms with Crippen LogP contribution in [0.1, 0.15) is 20.9 Å². The number of carbonyl (C=O) groups excluding carboxylic acids is 2. The summed E-state index contributed by atoms with van der Waals surface area (Å²) in [6.45, 7) is 0. The molecule has 0 bridgehead atoms. The Balaban J connectivity index is 1.73. The SMILES string of the molecule is COC(=O)c1ccc(NC(=O)c2ccc(-c3ccc(Cl)c(Cl)c3)o2)cc1. The van der Waals surface area contributed by atoms with Gasteiger partial charge in [-0.05, 0) is 54.6 Å². The Morgan fingerprint density at radius 1 is 0.962 bits per heavy atom. The molecule has 0 spiro atoms. The third-order valence-electron chi connectivity index (χ3n) is 3.60. The van der Waals surface area contributed by atoms with E-state index < -0.39 is 11.9 Å². The number of hydrogen-bond acceptors (Lipinski definition) is 4. The van der Waals surface area contributed by atoms with Crippen molar-refractivity contribution in [3.05, 3.63) is 76.0 Å². The second kappa shape index (κ2) is 7.64. The molecule has 1 N–H and O–H groups in total. The summed E-state index contributed by atoms with van der Waals surface area (Å²) < 4.78 is 10.2. The van der Waals surface area contributed by atoms with Gasteiger partial charge in [0, 0.05) is 11.3 Å². The maximum absolute atomic E-state index is 12.3. The second-order valence-corrected chi connectivity index (χ2v) is 6.13. The van der Waals surface area contributed by atoms with Crippen LogP contribution in [0.5, 0.6) is 0 Å². The van der Waals surface area contributed by atoms with Gasteiger partial charge in [0.05, 0.1) is 22.7 Å². The molecule has 0 aliphatic rings. The van der Waals surface area contributed by atoms with Crippen molar-refractivity contribution in [2.75, 3.05) is 12.4 Å². The van der Waals surface area contributed by atoms with E-state index in [4.69, 9.17) is 27.6 Å². The van der Waals surface area contributed by atoms with Crippen LogP contribution >= 0.6 is 23.2 Å². The number of amides is 1. The molecule has 1 aromatic heterocycles. The molecule has 0 aliphatic heterocycles. The second-order valence-electron chi connectivity index (χ2n) is 5.32. The predicted octanol–water partition coefficient (Wildman–Crippen LogP) is 5.29. The first-order valence-electron chi connectivity index (χ1n) is 7.53. The first-order valence-corrected chi connectivity index (χ1v) is 8.28. The van der Waals surface area contributed by atoms with Gasteiger partial charge in [-0.25, -0.2) is 4.79 Å². The van der Waals surface area contributed by atoms with E-state index in [2.05, 4.69) is 10.1 Å². The van der Waals surface area contributed by atoms with Crippen molar-refractivity contribution in [1.82, 2.24) is 0 Å². The molecule has 7 heteroatoms. The fourth-order valence-electron chi connectivity index (χ4n) is 2.26. The molecule has 5 nitrogen and oxygen atoms in total. The Bertz CT molecular complexity index is 964. The third kappa shape index (κ3) is 3.90. The molecule has 3 rings (SSSR count). The minimum absolute atomic E-state index is 0.142. The standard InChI is InChI=1S/C19H13Cl2NO4/c1-25-19(24)11-2-5-13(6-3-11)22-18(23)17-9-8-16(26-17)12-4-7-14(20)15(21)10-12/h2-10H,1H3,(H,22,23). The van der Waals surface area contributed by atoms with Crippen molar-refractivity contribution in [1.29, 1.82) is 0 Å². The Kier molecular flexibility index (Phi) is 5.30.